The number of unbranched alkanes of at least 4 members (excludes halogenated alkanes) is 2. The minimum absolute atomic E-state index is 0.0301. The highest BCUT2D eigenvalue weighted by atomic mass is 16.2. The van der Waals surface area contributed by atoms with Gasteiger partial charge in [0.05, 0.1) is 19.6 Å². The van der Waals surface area contributed by atoms with E-state index in [9.17, 15) is 9.59 Å². The fraction of sp³-hybridized carbons (Fsp3) is 0.652. The summed E-state index contributed by atoms with van der Waals surface area (Å²) < 4.78 is 4.08. The second kappa shape index (κ2) is 11.8. The van der Waals surface area contributed by atoms with Crippen molar-refractivity contribution in [2.45, 2.75) is 64.6 Å². The van der Waals surface area contributed by atoms with Gasteiger partial charge in [0.25, 0.3) is 0 Å². The van der Waals surface area contributed by atoms with Gasteiger partial charge in [0.15, 0.2) is 0 Å². The molecule has 0 aliphatic carbocycles. The van der Waals surface area contributed by atoms with Crippen LogP contribution < -0.4 is 5.32 Å². The number of hydrogen-bond donors (Lipinski definition) is 1. The minimum Gasteiger partial charge on any atom is -0.347 e. The van der Waals surface area contributed by atoms with Gasteiger partial charge in [0, 0.05) is 57.9 Å². The van der Waals surface area contributed by atoms with Gasteiger partial charge in [-0.1, -0.05) is 6.42 Å². The molecule has 1 fully saturated rings. The smallest absolute Gasteiger partial charge is 0.242 e. The molecule has 1 unspecified atom stereocenters. The lowest BCUT2D eigenvalue weighted by Gasteiger charge is -2.22. The standard InChI is InChI=1S/C23H37N7O2/c1-19-8-7-13-30(19)23(32)16-26-22(31)9-5-4-6-12-29(17-20-24-10-14-27(20)2)18-21-25-11-15-28(21)3/h10-11,14-15,19H,4-9,12-13,16-18H2,1-3H3,(H,26,31). The molecule has 2 aromatic heterocycles. The van der Waals surface area contributed by atoms with Gasteiger partial charge in [0.1, 0.15) is 11.6 Å². The van der Waals surface area contributed by atoms with Crippen molar-refractivity contribution in [3.05, 3.63) is 36.4 Å². The Morgan fingerprint density at radius 3 is 2.25 bits per heavy atom. The first-order chi connectivity index (χ1) is 15.4. The normalized spacial score (nSPS) is 16.1. The van der Waals surface area contributed by atoms with E-state index in [1.807, 2.05) is 52.9 Å². The molecule has 0 saturated carbocycles. The van der Waals surface area contributed by atoms with Crippen LogP contribution in [0.5, 0.6) is 0 Å². The Kier molecular flexibility index (Phi) is 8.84. The number of imidazole rings is 2. The lowest BCUT2D eigenvalue weighted by Crippen LogP contribution is -2.41. The van der Waals surface area contributed by atoms with Gasteiger partial charge in [0.2, 0.25) is 11.8 Å². The number of hydrogen-bond acceptors (Lipinski definition) is 5. The fourth-order valence-electron chi connectivity index (χ4n) is 4.18. The molecular formula is C23H37N7O2. The van der Waals surface area contributed by atoms with E-state index in [0.29, 0.717) is 12.5 Å². The lowest BCUT2D eigenvalue weighted by atomic mass is 10.1. The number of rotatable bonds is 12. The van der Waals surface area contributed by atoms with Gasteiger partial charge in [-0.25, -0.2) is 9.97 Å². The Labute approximate surface area is 190 Å². The molecule has 3 heterocycles. The summed E-state index contributed by atoms with van der Waals surface area (Å²) >= 11 is 0. The molecule has 32 heavy (non-hydrogen) atoms. The SMILES string of the molecule is CC1CCCN1C(=O)CNC(=O)CCCCCN(Cc1nccn1C)Cc1nccn1C. The predicted molar refractivity (Wildman–Crippen MR) is 122 cm³/mol. The van der Waals surface area contributed by atoms with Gasteiger partial charge >= 0.3 is 0 Å². The summed E-state index contributed by atoms with van der Waals surface area (Å²) in [6.45, 7) is 5.42. The number of aryl methyl sites for hydroxylation is 2. The van der Waals surface area contributed by atoms with Crippen LogP contribution in [0.1, 0.15) is 57.1 Å². The molecule has 176 valence electrons. The summed E-state index contributed by atoms with van der Waals surface area (Å²) in [5.74, 6) is 2.04. The van der Waals surface area contributed by atoms with Crippen molar-refractivity contribution in [3.63, 3.8) is 0 Å². The van der Waals surface area contributed by atoms with Crippen molar-refractivity contribution in [3.8, 4) is 0 Å². The van der Waals surface area contributed by atoms with E-state index in [0.717, 1.165) is 69.9 Å². The van der Waals surface area contributed by atoms with Crippen molar-refractivity contribution < 1.29 is 9.59 Å². The van der Waals surface area contributed by atoms with Crippen molar-refractivity contribution in [2.75, 3.05) is 19.6 Å². The average Bonchev–Trinajstić information content (AvgIpc) is 3.48. The van der Waals surface area contributed by atoms with E-state index in [2.05, 4.69) is 27.1 Å². The summed E-state index contributed by atoms with van der Waals surface area (Å²) in [6.07, 6.45) is 12.9. The molecule has 0 aromatic carbocycles. The number of nitrogens with zero attached hydrogens (tertiary/aromatic N) is 6. The Balaban J connectivity index is 1.36. The van der Waals surface area contributed by atoms with Crippen molar-refractivity contribution in [1.82, 2.24) is 34.2 Å². The number of carbonyl (C=O) groups excluding carboxylic acids is 2. The number of aromatic nitrogens is 4. The Hall–Kier alpha value is -2.68. The molecule has 0 bridgehead atoms. The van der Waals surface area contributed by atoms with Crippen LogP contribution in [0, 0.1) is 0 Å². The van der Waals surface area contributed by atoms with Crippen LogP contribution in [-0.2, 0) is 36.8 Å². The van der Waals surface area contributed by atoms with Gasteiger partial charge in [-0.05, 0) is 39.2 Å². The van der Waals surface area contributed by atoms with Crippen molar-refractivity contribution >= 4 is 11.8 Å². The third-order valence-electron chi connectivity index (χ3n) is 6.26. The average molecular weight is 444 g/mol. The van der Waals surface area contributed by atoms with E-state index in [-0.39, 0.29) is 18.4 Å². The first kappa shape index (κ1) is 24.0. The molecule has 1 aliphatic rings. The summed E-state index contributed by atoms with van der Waals surface area (Å²) in [5, 5.41) is 2.79. The zero-order chi connectivity index (χ0) is 22.9. The molecule has 2 aromatic rings. The third-order valence-corrected chi connectivity index (χ3v) is 6.26. The first-order valence-electron chi connectivity index (χ1n) is 11.6. The minimum atomic E-state index is -0.0388. The topological polar surface area (TPSA) is 88.3 Å². The molecule has 1 saturated heterocycles. The van der Waals surface area contributed by atoms with Crippen LogP contribution in [0.15, 0.2) is 24.8 Å². The van der Waals surface area contributed by atoms with Gasteiger partial charge < -0.3 is 19.4 Å². The Bertz CT molecular complexity index is 833. The molecule has 0 spiro atoms. The van der Waals surface area contributed by atoms with Gasteiger partial charge in [-0.2, -0.15) is 0 Å². The van der Waals surface area contributed by atoms with Crippen LogP contribution in [0.25, 0.3) is 0 Å². The molecule has 0 radical (unpaired) electrons. The highest BCUT2D eigenvalue weighted by Gasteiger charge is 2.24. The summed E-state index contributed by atoms with van der Waals surface area (Å²) in [6, 6.07) is 0.291. The van der Waals surface area contributed by atoms with Crippen LogP contribution in [0.3, 0.4) is 0 Å². The van der Waals surface area contributed by atoms with E-state index in [4.69, 9.17) is 0 Å². The monoisotopic (exact) mass is 443 g/mol. The summed E-state index contributed by atoms with van der Waals surface area (Å²) in [4.78, 5) is 37.5. The largest absolute Gasteiger partial charge is 0.347 e. The zero-order valence-corrected chi connectivity index (χ0v) is 19.7. The fourth-order valence-corrected chi connectivity index (χ4v) is 4.18. The summed E-state index contributed by atoms with van der Waals surface area (Å²) in [7, 11) is 4.02. The molecule has 3 rings (SSSR count). The van der Waals surface area contributed by atoms with Crippen LogP contribution in [0.4, 0.5) is 0 Å². The zero-order valence-electron chi connectivity index (χ0n) is 19.7. The number of nitrogens with one attached hydrogen (secondary N) is 1. The molecule has 2 amide bonds. The second-order valence-electron chi connectivity index (χ2n) is 8.79. The number of amides is 2. The van der Waals surface area contributed by atoms with Crippen molar-refractivity contribution in [1.29, 1.82) is 0 Å². The van der Waals surface area contributed by atoms with E-state index < -0.39 is 0 Å². The Morgan fingerprint density at radius 1 is 1.06 bits per heavy atom. The van der Waals surface area contributed by atoms with E-state index >= 15 is 0 Å². The molecule has 9 heteroatoms. The summed E-state index contributed by atoms with van der Waals surface area (Å²) in [5.41, 5.74) is 0. The van der Waals surface area contributed by atoms with Crippen LogP contribution in [0.2, 0.25) is 0 Å². The van der Waals surface area contributed by atoms with Gasteiger partial charge in [-0.3, -0.25) is 14.5 Å². The Morgan fingerprint density at radius 2 is 1.72 bits per heavy atom. The molecule has 1 N–H and O–H groups in total. The maximum absolute atomic E-state index is 12.2. The molecule has 9 nitrogen and oxygen atoms in total. The predicted octanol–water partition coefficient (Wildman–Crippen LogP) is 1.84. The first-order valence-corrected chi connectivity index (χ1v) is 11.6. The van der Waals surface area contributed by atoms with Crippen molar-refractivity contribution in [2.24, 2.45) is 14.1 Å². The van der Waals surface area contributed by atoms with Crippen LogP contribution in [-0.4, -0.2) is 66.4 Å². The van der Waals surface area contributed by atoms with E-state index in [1.54, 1.807) is 0 Å². The molecular weight excluding hydrogens is 406 g/mol. The highest BCUT2D eigenvalue weighted by molar-refractivity contribution is 5.85. The third kappa shape index (κ3) is 6.91. The van der Waals surface area contributed by atoms with E-state index in [1.165, 1.54) is 0 Å². The molecule has 1 aliphatic heterocycles. The maximum atomic E-state index is 12.2. The lowest BCUT2D eigenvalue weighted by molar-refractivity contribution is -0.133. The van der Waals surface area contributed by atoms with Gasteiger partial charge in [-0.15, -0.1) is 0 Å². The second-order valence-corrected chi connectivity index (χ2v) is 8.79. The van der Waals surface area contributed by atoms with Crippen LogP contribution >= 0.6 is 0 Å². The molecule has 1 atom stereocenters. The maximum Gasteiger partial charge on any atom is 0.242 e. The number of carbonyl (C=O) groups is 2. The number of likely N-dealkylation sites (tertiary alicyclic amines) is 1. The quantitative estimate of drug-likeness (QED) is 0.506. The highest BCUT2D eigenvalue weighted by Crippen LogP contribution is 2.16.